The van der Waals surface area contributed by atoms with Gasteiger partial charge in [0.15, 0.2) is 10.7 Å². The summed E-state index contributed by atoms with van der Waals surface area (Å²) >= 11 is 5.48. The van der Waals surface area contributed by atoms with Crippen LogP contribution in [0.15, 0.2) is 53.4 Å². The fourth-order valence-electron chi connectivity index (χ4n) is 2.98. The Labute approximate surface area is 186 Å². The van der Waals surface area contributed by atoms with Gasteiger partial charge in [-0.05, 0) is 30.3 Å². The number of hydrogen-bond donors (Lipinski definition) is 0. The van der Waals surface area contributed by atoms with Crippen LogP contribution in [-0.2, 0) is 16.6 Å². The maximum absolute atomic E-state index is 14.6. The third kappa shape index (κ3) is 4.46. The minimum atomic E-state index is -5.03. The molecule has 0 fully saturated rings. The highest BCUT2D eigenvalue weighted by Gasteiger charge is 2.34. The van der Waals surface area contributed by atoms with E-state index in [4.69, 9.17) is 21.1 Å². The zero-order valence-electron chi connectivity index (χ0n) is 16.7. The number of sulfonamides is 1. The monoisotopic (exact) mass is 489 g/mol. The maximum atomic E-state index is 14.6. The number of anilines is 1. The van der Waals surface area contributed by atoms with Crippen LogP contribution in [0, 0.1) is 23.3 Å². The molecule has 3 aromatic rings. The normalized spacial score (nSPS) is 11.3. The largest absolute Gasteiger partial charge is 0.497 e. The van der Waals surface area contributed by atoms with Crippen LogP contribution in [0.5, 0.6) is 11.5 Å². The summed E-state index contributed by atoms with van der Waals surface area (Å²) in [6.45, 7) is -0.507. The number of ether oxygens (including phenoxy) is 2. The smallest absolute Gasteiger partial charge is 0.270 e. The first kappa shape index (κ1) is 23.7. The molecule has 0 aromatic heterocycles. The first-order chi connectivity index (χ1) is 15.1. The van der Waals surface area contributed by atoms with Crippen molar-refractivity contribution < 1.29 is 35.5 Å². The molecule has 0 unspecified atom stereocenters. The molecule has 0 saturated carbocycles. The van der Waals surface area contributed by atoms with E-state index in [0.717, 1.165) is 12.1 Å². The summed E-state index contributed by atoms with van der Waals surface area (Å²) in [5.41, 5.74) is 0.0391. The predicted octanol–water partition coefficient (Wildman–Crippen LogP) is 5.31. The third-order valence-electron chi connectivity index (χ3n) is 4.52. The van der Waals surface area contributed by atoms with Crippen molar-refractivity contribution >= 4 is 27.3 Å². The number of methoxy groups -OCH3 is 2. The standard InChI is InChI=1S/C21H16ClF4NO4S/c1-30-15-7-6-12(18(9-15)31-2)11-27(14-5-3-4-13(23)8-14)32(28,29)21-17(25)10-16(24)19(22)20(21)26/h3-10H,11H2,1-2H3. The molecule has 0 atom stereocenters. The van der Waals surface area contributed by atoms with Crippen LogP contribution in [0.2, 0.25) is 5.02 Å². The van der Waals surface area contributed by atoms with Crippen molar-refractivity contribution in [2.24, 2.45) is 0 Å². The molecular weight excluding hydrogens is 474 g/mol. The van der Waals surface area contributed by atoms with Gasteiger partial charge in [0.25, 0.3) is 10.0 Å². The van der Waals surface area contributed by atoms with E-state index in [2.05, 4.69) is 0 Å². The number of rotatable bonds is 7. The molecule has 0 saturated heterocycles. The molecule has 0 heterocycles. The van der Waals surface area contributed by atoms with Crippen molar-refractivity contribution in [3.8, 4) is 11.5 Å². The van der Waals surface area contributed by atoms with E-state index >= 15 is 0 Å². The molecule has 0 bridgehead atoms. The Hall–Kier alpha value is -2.98. The van der Waals surface area contributed by atoms with E-state index in [1.54, 1.807) is 0 Å². The minimum absolute atomic E-state index is 0.163. The zero-order valence-corrected chi connectivity index (χ0v) is 18.3. The van der Waals surface area contributed by atoms with Crippen LogP contribution in [-0.4, -0.2) is 22.6 Å². The Bertz CT molecular complexity index is 1270. The highest BCUT2D eigenvalue weighted by atomic mass is 35.5. The lowest BCUT2D eigenvalue weighted by Crippen LogP contribution is -2.32. The molecule has 5 nitrogen and oxygen atoms in total. The van der Waals surface area contributed by atoms with Gasteiger partial charge in [0, 0.05) is 17.7 Å². The van der Waals surface area contributed by atoms with Crippen LogP contribution in [0.4, 0.5) is 23.2 Å². The molecule has 0 spiro atoms. The van der Waals surface area contributed by atoms with Gasteiger partial charge >= 0.3 is 0 Å². The number of nitrogens with zero attached hydrogens (tertiary/aromatic N) is 1. The molecule has 0 aliphatic carbocycles. The van der Waals surface area contributed by atoms with E-state index in [0.29, 0.717) is 10.1 Å². The fourth-order valence-corrected chi connectivity index (χ4v) is 4.74. The van der Waals surface area contributed by atoms with Crippen molar-refractivity contribution in [2.45, 2.75) is 11.4 Å². The average molecular weight is 490 g/mol. The summed E-state index contributed by atoms with van der Waals surface area (Å²) < 4.78 is 94.2. The van der Waals surface area contributed by atoms with Gasteiger partial charge in [-0.1, -0.05) is 17.7 Å². The summed E-state index contributed by atoms with van der Waals surface area (Å²) in [7, 11) is -2.28. The first-order valence-corrected chi connectivity index (χ1v) is 10.7. The van der Waals surface area contributed by atoms with Crippen molar-refractivity contribution in [3.05, 3.63) is 82.4 Å². The van der Waals surface area contributed by atoms with E-state index in [9.17, 15) is 26.0 Å². The SMILES string of the molecule is COc1ccc(CN(c2cccc(F)c2)S(=O)(=O)c2c(F)cc(F)c(Cl)c2F)c(OC)c1. The second kappa shape index (κ2) is 9.25. The van der Waals surface area contributed by atoms with Gasteiger partial charge in [0.1, 0.15) is 34.0 Å². The predicted molar refractivity (Wildman–Crippen MR) is 111 cm³/mol. The lowest BCUT2D eigenvalue weighted by molar-refractivity contribution is 0.391. The Kier molecular flexibility index (Phi) is 6.85. The molecule has 0 radical (unpaired) electrons. The second-order valence-electron chi connectivity index (χ2n) is 6.47. The average Bonchev–Trinajstić information content (AvgIpc) is 2.75. The van der Waals surface area contributed by atoms with Crippen molar-refractivity contribution in [1.82, 2.24) is 0 Å². The van der Waals surface area contributed by atoms with Gasteiger partial charge in [-0.25, -0.2) is 26.0 Å². The van der Waals surface area contributed by atoms with Crippen LogP contribution in [0.1, 0.15) is 5.56 Å². The molecule has 0 aliphatic heterocycles. The summed E-state index contributed by atoms with van der Waals surface area (Å²) in [4.78, 5) is -1.47. The number of hydrogen-bond acceptors (Lipinski definition) is 4. The lowest BCUT2D eigenvalue weighted by Gasteiger charge is -2.26. The molecule has 0 N–H and O–H groups in total. The molecule has 11 heteroatoms. The zero-order chi connectivity index (χ0) is 23.6. The number of halogens is 5. The van der Waals surface area contributed by atoms with Crippen LogP contribution >= 0.6 is 11.6 Å². The van der Waals surface area contributed by atoms with Crippen molar-refractivity contribution in [2.75, 3.05) is 18.5 Å². The molecule has 170 valence electrons. The molecular formula is C21H16ClF4NO4S. The molecule has 3 rings (SSSR count). The lowest BCUT2D eigenvalue weighted by atomic mass is 10.2. The molecule has 0 amide bonds. The van der Waals surface area contributed by atoms with Gasteiger partial charge in [0.05, 0.1) is 26.5 Å². The van der Waals surface area contributed by atoms with Gasteiger partial charge in [-0.15, -0.1) is 0 Å². The molecule has 32 heavy (non-hydrogen) atoms. The maximum Gasteiger partial charge on any atom is 0.270 e. The topological polar surface area (TPSA) is 55.8 Å². The minimum Gasteiger partial charge on any atom is -0.497 e. The van der Waals surface area contributed by atoms with E-state index in [-0.39, 0.29) is 23.1 Å². The van der Waals surface area contributed by atoms with Crippen molar-refractivity contribution in [1.29, 1.82) is 0 Å². The summed E-state index contributed by atoms with van der Waals surface area (Å²) in [5, 5.41) is -1.19. The Morgan fingerprint density at radius 2 is 1.66 bits per heavy atom. The summed E-state index contributed by atoms with van der Waals surface area (Å²) in [6, 6.07) is 9.03. The van der Waals surface area contributed by atoms with E-state index in [1.807, 2.05) is 0 Å². The first-order valence-electron chi connectivity index (χ1n) is 8.92. The second-order valence-corrected chi connectivity index (χ2v) is 8.64. The summed E-state index contributed by atoms with van der Waals surface area (Å²) in [6.07, 6.45) is 0. The number of benzene rings is 3. The van der Waals surface area contributed by atoms with Gasteiger partial charge in [-0.2, -0.15) is 0 Å². The van der Waals surface area contributed by atoms with Gasteiger partial charge < -0.3 is 9.47 Å². The van der Waals surface area contributed by atoms with Gasteiger partial charge in [-0.3, -0.25) is 4.31 Å². The Morgan fingerprint density at radius 1 is 0.938 bits per heavy atom. The van der Waals surface area contributed by atoms with Crippen LogP contribution < -0.4 is 13.8 Å². The summed E-state index contributed by atoms with van der Waals surface area (Å²) in [5.74, 6) is -5.12. The van der Waals surface area contributed by atoms with Crippen LogP contribution in [0.25, 0.3) is 0 Å². The van der Waals surface area contributed by atoms with Gasteiger partial charge in [0.2, 0.25) is 0 Å². The van der Waals surface area contributed by atoms with Crippen LogP contribution in [0.3, 0.4) is 0 Å². The highest BCUT2D eigenvalue weighted by molar-refractivity contribution is 7.92. The van der Waals surface area contributed by atoms with E-state index in [1.165, 1.54) is 44.6 Å². The quantitative estimate of drug-likeness (QED) is 0.256. The fraction of sp³-hybridized carbons (Fsp3) is 0.143. The highest BCUT2D eigenvalue weighted by Crippen LogP contribution is 2.35. The Balaban J connectivity index is 2.22. The third-order valence-corrected chi connectivity index (χ3v) is 6.68. The molecule has 3 aromatic carbocycles. The van der Waals surface area contributed by atoms with E-state index < -0.39 is 49.8 Å². The molecule has 0 aliphatic rings. The van der Waals surface area contributed by atoms with Crippen molar-refractivity contribution in [3.63, 3.8) is 0 Å². The Morgan fingerprint density at radius 3 is 2.28 bits per heavy atom.